The maximum absolute atomic E-state index is 11.3. The van der Waals surface area contributed by atoms with Crippen LogP contribution in [0.5, 0.6) is 0 Å². The van der Waals surface area contributed by atoms with Crippen LogP contribution >= 0.6 is 35.2 Å². The summed E-state index contributed by atoms with van der Waals surface area (Å²) < 4.78 is 5.73. The first-order valence-electron chi connectivity index (χ1n) is 4.65. The highest BCUT2D eigenvalue weighted by Crippen LogP contribution is 2.22. The Morgan fingerprint density at radius 2 is 2.31 bits per heavy atom. The molecule has 0 N–H and O–H groups in total. The molecule has 1 rings (SSSR count). The molecule has 0 spiro atoms. The predicted octanol–water partition coefficient (Wildman–Crippen LogP) is 2.56. The monoisotopic (exact) mass is 347 g/mol. The minimum atomic E-state index is -0.326. The van der Waals surface area contributed by atoms with Crippen LogP contribution in [0, 0.1) is 14.9 Å². The van der Waals surface area contributed by atoms with E-state index in [1.54, 1.807) is 19.1 Å². The van der Waals surface area contributed by atoms with E-state index in [0.29, 0.717) is 17.7 Å². The van der Waals surface area contributed by atoms with Gasteiger partial charge in [-0.05, 0) is 47.2 Å². The fraction of sp³-hybridized carbons (Fsp3) is 0.273. The molecule has 16 heavy (non-hydrogen) atoms. The highest BCUT2D eigenvalue weighted by atomic mass is 127. The molecular weight excluding hydrogens is 337 g/mol. The van der Waals surface area contributed by atoms with E-state index in [0.717, 1.165) is 8.47 Å². The smallest absolute Gasteiger partial charge is 0.310 e. The molecule has 0 bridgehead atoms. The summed E-state index contributed by atoms with van der Waals surface area (Å²) in [6.07, 6.45) is 0.112. The van der Waals surface area contributed by atoms with Crippen LogP contribution in [0.25, 0.3) is 0 Å². The van der Waals surface area contributed by atoms with Crippen molar-refractivity contribution in [2.24, 2.45) is 0 Å². The molecule has 1 aromatic carbocycles. The van der Waals surface area contributed by atoms with Gasteiger partial charge in [0.1, 0.15) is 0 Å². The molecule has 0 fully saturated rings. The zero-order valence-corrected chi connectivity index (χ0v) is 11.7. The number of thiol groups is 1. The van der Waals surface area contributed by atoms with E-state index in [-0.39, 0.29) is 12.4 Å². The SMILES string of the molecule is CCOC(=O)Cc1cc(S)c(I)cc1C#N. The van der Waals surface area contributed by atoms with E-state index >= 15 is 0 Å². The second-order valence-corrected chi connectivity index (χ2v) is 4.70. The van der Waals surface area contributed by atoms with Crippen molar-refractivity contribution < 1.29 is 9.53 Å². The molecule has 84 valence electrons. The van der Waals surface area contributed by atoms with Gasteiger partial charge in [0.15, 0.2) is 0 Å². The van der Waals surface area contributed by atoms with Gasteiger partial charge in [0, 0.05) is 8.47 Å². The van der Waals surface area contributed by atoms with E-state index in [4.69, 9.17) is 10.00 Å². The van der Waals surface area contributed by atoms with E-state index in [1.165, 1.54) is 0 Å². The van der Waals surface area contributed by atoms with Crippen molar-refractivity contribution in [2.75, 3.05) is 6.61 Å². The van der Waals surface area contributed by atoms with Crippen LogP contribution in [-0.2, 0) is 16.0 Å². The number of ether oxygens (including phenoxy) is 1. The fourth-order valence-electron chi connectivity index (χ4n) is 1.22. The molecule has 0 aliphatic heterocycles. The summed E-state index contributed by atoms with van der Waals surface area (Å²) >= 11 is 6.36. The van der Waals surface area contributed by atoms with Gasteiger partial charge in [0.25, 0.3) is 0 Å². The van der Waals surface area contributed by atoms with Gasteiger partial charge in [0.05, 0.1) is 24.7 Å². The first kappa shape index (κ1) is 13.3. The summed E-state index contributed by atoms with van der Waals surface area (Å²) in [4.78, 5) is 12.1. The van der Waals surface area contributed by atoms with Crippen LogP contribution in [0.3, 0.4) is 0 Å². The number of hydrogen-bond acceptors (Lipinski definition) is 4. The van der Waals surface area contributed by atoms with Crippen molar-refractivity contribution in [3.63, 3.8) is 0 Å². The standard InChI is InChI=1S/C11H10INO2S/c1-2-15-11(14)5-7-4-10(16)9(12)3-8(7)6-13/h3-4,16H,2,5H2,1H3. The molecule has 0 radical (unpaired) electrons. The van der Waals surface area contributed by atoms with Gasteiger partial charge in [-0.2, -0.15) is 5.26 Å². The minimum absolute atomic E-state index is 0.112. The third-order valence-electron chi connectivity index (χ3n) is 1.93. The lowest BCUT2D eigenvalue weighted by molar-refractivity contribution is -0.142. The van der Waals surface area contributed by atoms with Crippen LogP contribution < -0.4 is 0 Å². The summed E-state index contributed by atoms with van der Waals surface area (Å²) in [7, 11) is 0. The quantitative estimate of drug-likeness (QED) is 0.519. The van der Waals surface area contributed by atoms with Crippen molar-refractivity contribution >= 4 is 41.2 Å². The van der Waals surface area contributed by atoms with Gasteiger partial charge in [-0.25, -0.2) is 0 Å². The first-order valence-corrected chi connectivity index (χ1v) is 6.18. The van der Waals surface area contributed by atoms with Gasteiger partial charge in [-0.3, -0.25) is 4.79 Å². The lowest BCUT2D eigenvalue weighted by atomic mass is 10.1. The van der Waals surface area contributed by atoms with E-state index in [9.17, 15) is 4.79 Å². The maximum Gasteiger partial charge on any atom is 0.310 e. The van der Waals surface area contributed by atoms with Crippen LogP contribution in [0.4, 0.5) is 0 Å². The summed E-state index contributed by atoms with van der Waals surface area (Å²) in [5.74, 6) is -0.326. The Kier molecular flexibility index (Phi) is 5.09. The third-order valence-corrected chi connectivity index (χ3v) is 3.62. The van der Waals surface area contributed by atoms with Crippen LogP contribution in [-0.4, -0.2) is 12.6 Å². The van der Waals surface area contributed by atoms with Gasteiger partial charge in [-0.15, -0.1) is 12.6 Å². The Balaban J connectivity index is 3.00. The van der Waals surface area contributed by atoms with E-state index in [1.807, 2.05) is 0 Å². The summed E-state index contributed by atoms with van der Waals surface area (Å²) in [5.41, 5.74) is 1.15. The number of nitrogens with zero attached hydrogens (tertiary/aromatic N) is 1. The zero-order chi connectivity index (χ0) is 12.1. The van der Waals surface area contributed by atoms with Crippen molar-refractivity contribution in [3.05, 3.63) is 26.8 Å². The van der Waals surface area contributed by atoms with Crippen molar-refractivity contribution in [1.29, 1.82) is 5.26 Å². The van der Waals surface area contributed by atoms with Crippen molar-refractivity contribution in [1.82, 2.24) is 0 Å². The second kappa shape index (κ2) is 6.11. The molecule has 0 saturated carbocycles. The predicted molar refractivity (Wildman–Crippen MR) is 71.5 cm³/mol. The Labute approximate surface area is 113 Å². The normalized spacial score (nSPS) is 9.62. The summed E-state index contributed by atoms with van der Waals surface area (Å²) in [6.45, 7) is 2.10. The van der Waals surface area contributed by atoms with E-state index < -0.39 is 0 Å². The Hall–Kier alpha value is -0.740. The second-order valence-electron chi connectivity index (χ2n) is 3.05. The molecule has 0 unspecified atom stereocenters. The zero-order valence-electron chi connectivity index (χ0n) is 8.66. The summed E-state index contributed by atoms with van der Waals surface area (Å²) in [6, 6.07) is 5.52. The average molecular weight is 347 g/mol. The lowest BCUT2D eigenvalue weighted by Crippen LogP contribution is -2.09. The number of halogens is 1. The number of hydrogen-bond donors (Lipinski definition) is 1. The van der Waals surface area contributed by atoms with Gasteiger partial charge in [0.2, 0.25) is 0 Å². The molecule has 0 aromatic heterocycles. The van der Waals surface area contributed by atoms with Crippen LogP contribution in [0.1, 0.15) is 18.1 Å². The van der Waals surface area contributed by atoms with Gasteiger partial charge < -0.3 is 4.74 Å². The Morgan fingerprint density at radius 1 is 1.62 bits per heavy atom. The number of carbonyl (C=O) groups excluding carboxylic acids is 1. The molecule has 0 amide bonds. The molecular formula is C11H10INO2S. The van der Waals surface area contributed by atoms with Crippen LogP contribution in [0.2, 0.25) is 0 Å². The molecule has 0 heterocycles. The number of esters is 1. The van der Waals surface area contributed by atoms with Gasteiger partial charge >= 0.3 is 5.97 Å². The largest absolute Gasteiger partial charge is 0.466 e. The molecule has 5 heteroatoms. The average Bonchev–Trinajstić information content (AvgIpc) is 2.23. The Morgan fingerprint density at radius 3 is 2.88 bits per heavy atom. The topological polar surface area (TPSA) is 50.1 Å². The molecule has 0 saturated heterocycles. The van der Waals surface area contributed by atoms with Crippen LogP contribution in [0.15, 0.2) is 17.0 Å². The lowest BCUT2D eigenvalue weighted by Gasteiger charge is -2.06. The van der Waals surface area contributed by atoms with Gasteiger partial charge in [-0.1, -0.05) is 0 Å². The Bertz CT molecular complexity index is 454. The molecule has 0 atom stereocenters. The number of benzene rings is 1. The third kappa shape index (κ3) is 3.39. The molecule has 1 aromatic rings. The number of carbonyl (C=O) groups is 1. The first-order chi connectivity index (χ1) is 7.58. The number of nitriles is 1. The molecule has 3 nitrogen and oxygen atoms in total. The van der Waals surface area contributed by atoms with Crippen molar-refractivity contribution in [2.45, 2.75) is 18.2 Å². The molecule has 0 aliphatic rings. The van der Waals surface area contributed by atoms with E-state index in [2.05, 4.69) is 41.3 Å². The minimum Gasteiger partial charge on any atom is -0.466 e. The number of rotatable bonds is 3. The highest BCUT2D eigenvalue weighted by Gasteiger charge is 2.11. The molecule has 0 aliphatic carbocycles. The summed E-state index contributed by atoms with van der Waals surface area (Å²) in [5, 5.41) is 8.95. The highest BCUT2D eigenvalue weighted by molar-refractivity contribution is 14.1. The van der Waals surface area contributed by atoms with Crippen molar-refractivity contribution in [3.8, 4) is 6.07 Å². The maximum atomic E-state index is 11.3. The fourth-order valence-corrected chi connectivity index (χ4v) is 1.91.